The van der Waals surface area contributed by atoms with Crippen molar-refractivity contribution in [3.05, 3.63) is 35.9 Å². The van der Waals surface area contributed by atoms with Gasteiger partial charge in [0.25, 0.3) is 0 Å². The van der Waals surface area contributed by atoms with Crippen molar-refractivity contribution in [3.8, 4) is 0 Å². The van der Waals surface area contributed by atoms with Gasteiger partial charge in [-0.05, 0) is 18.9 Å². The molecule has 1 aliphatic carbocycles. The first-order valence-electron chi connectivity index (χ1n) is 7.71. The van der Waals surface area contributed by atoms with Crippen LogP contribution in [0.2, 0.25) is 0 Å². The molecule has 0 unspecified atom stereocenters. The zero-order valence-electron chi connectivity index (χ0n) is 13.2. The van der Waals surface area contributed by atoms with Crippen molar-refractivity contribution in [1.82, 2.24) is 5.32 Å². The minimum Gasteiger partial charge on any atom is -0.465 e. The van der Waals surface area contributed by atoms with E-state index in [1.165, 1.54) is 6.92 Å². The number of rotatable bonds is 5. The summed E-state index contributed by atoms with van der Waals surface area (Å²) in [7, 11) is 0. The lowest BCUT2D eigenvalue weighted by molar-refractivity contribution is -0.145. The molecule has 0 spiro atoms. The Morgan fingerprint density at radius 3 is 2.65 bits per heavy atom. The summed E-state index contributed by atoms with van der Waals surface area (Å²) in [4.78, 5) is 23.4. The highest BCUT2D eigenvalue weighted by molar-refractivity contribution is 9.09. The second kappa shape index (κ2) is 7.93. The first-order valence-corrected chi connectivity index (χ1v) is 8.62. The van der Waals surface area contributed by atoms with Gasteiger partial charge in [-0.1, -0.05) is 46.3 Å². The van der Waals surface area contributed by atoms with Crippen molar-refractivity contribution in [2.45, 2.75) is 37.2 Å². The Bertz CT molecular complexity index is 551. The maximum atomic E-state index is 12.6. The molecule has 0 bridgehead atoms. The van der Waals surface area contributed by atoms with Crippen LogP contribution in [0, 0.1) is 11.8 Å². The smallest absolute Gasteiger partial charge is 0.302 e. The molecule has 0 aromatic heterocycles. The van der Waals surface area contributed by atoms with E-state index in [9.17, 15) is 14.7 Å². The average molecular weight is 384 g/mol. The van der Waals surface area contributed by atoms with E-state index < -0.39 is 18.0 Å². The number of benzene rings is 1. The Labute approximate surface area is 144 Å². The van der Waals surface area contributed by atoms with Crippen LogP contribution in [0.5, 0.6) is 0 Å². The molecule has 0 radical (unpaired) electrons. The number of carbonyl (C=O) groups excluding carboxylic acids is 2. The summed E-state index contributed by atoms with van der Waals surface area (Å²) in [6.45, 7) is 3.29. The maximum absolute atomic E-state index is 12.6. The van der Waals surface area contributed by atoms with Gasteiger partial charge in [0.2, 0.25) is 5.91 Å². The predicted molar refractivity (Wildman–Crippen MR) is 90.0 cm³/mol. The Morgan fingerprint density at radius 1 is 1.39 bits per heavy atom. The molecule has 1 aliphatic rings. The van der Waals surface area contributed by atoms with Gasteiger partial charge in [0.1, 0.15) is 0 Å². The summed E-state index contributed by atoms with van der Waals surface area (Å²) in [5.41, 5.74) is 1.02. The molecule has 0 heterocycles. The Balaban J connectivity index is 2.02. The molecule has 1 aromatic rings. The first-order chi connectivity index (χ1) is 10.9. The maximum Gasteiger partial charge on any atom is 0.302 e. The summed E-state index contributed by atoms with van der Waals surface area (Å²) < 4.78 is 5.01. The zero-order chi connectivity index (χ0) is 17.0. The number of aliphatic hydroxyl groups is 1. The van der Waals surface area contributed by atoms with Gasteiger partial charge < -0.3 is 15.2 Å². The topological polar surface area (TPSA) is 75.6 Å². The summed E-state index contributed by atoms with van der Waals surface area (Å²) >= 11 is 3.40. The summed E-state index contributed by atoms with van der Waals surface area (Å²) in [5.74, 6) is -1.32. The molecular formula is C17H22BrNO4. The molecule has 1 aromatic carbocycles. The minimum atomic E-state index is -0.711. The highest BCUT2D eigenvalue weighted by Crippen LogP contribution is 2.37. The van der Waals surface area contributed by atoms with E-state index in [2.05, 4.69) is 21.2 Å². The quantitative estimate of drug-likeness (QED) is 0.603. The molecule has 5 nitrogen and oxygen atoms in total. The van der Waals surface area contributed by atoms with E-state index in [1.54, 1.807) is 0 Å². The van der Waals surface area contributed by atoms with Crippen LogP contribution < -0.4 is 5.32 Å². The second-order valence-electron chi connectivity index (χ2n) is 5.96. The molecule has 6 heteroatoms. The fourth-order valence-electron chi connectivity index (χ4n) is 2.94. The highest BCUT2D eigenvalue weighted by atomic mass is 79.9. The largest absolute Gasteiger partial charge is 0.465 e. The van der Waals surface area contributed by atoms with Crippen LogP contribution in [-0.4, -0.2) is 34.5 Å². The molecule has 1 amide bonds. The molecule has 1 fully saturated rings. The lowest BCUT2D eigenvalue weighted by Gasteiger charge is -2.23. The number of halogens is 1. The number of esters is 1. The fraction of sp³-hybridized carbons (Fsp3) is 0.529. The van der Waals surface area contributed by atoms with E-state index in [0.717, 1.165) is 5.56 Å². The molecule has 126 valence electrons. The monoisotopic (exact) mass is 383 g/mol. The molecule has 23 heavy (non-hydrogen) atoms. The van der Waals surface area contributed by atoms with Crippen LogP contribution >= 0.6 is 15.9 Å². The first kappa shape index (κ1) is 17.9. The van der Waals surface area contributed by atoms with Crippen LogP contribution in [0.4, 0.5) is 0 Å². The lowest BCUT2D eigenvalue weighted by atomic mass is 9.94. The number of aliphatic hydroxyl groups excluding tert-OH is 1. The normalized spacial score (nSPS) is 28.2. The van der Waals surface area contributed by atoms with Crippen LogP contribution in [0.3, 0.4) is 0 Å². The Kier molecular flexibility index (Phi) is 6.18. The SMILES string of the molecule is CC(=O)OC[C@H]1[C@H](O)[C@@H](Br)C[C@H]1C(=O)N[C@H](C)c1ccccc1. The third-order valence-corrected chi connectivity index (χ3v) is 5.19. The van der Waals surface area contributed by atoms with Gasteiger partial charge >= 0.3 is 5.97 Å². The van der Waals surface area contributed by atoms with Gasteiger partial charge in [-0.2, -0.15) is 0 Å². The predicted octanol–water partition coefficient (Wildman–Crippen LogP) is 2.19. The van der Waals surface area contributed by atoms with E-state index >= 15 is 0 Å². The highest BCUT2D eigenvalue weighted by Gasteiger charge is 2.45. The average Bonchev–Trinajstić information content (AvgIpc) is 2.81. The molecule has 2 rings (SSSR count). The van der Waals surface area contributed by atoms with Crippen LogP contribution in [0.15, 0.2) is 30.3 Å². The van der Waals surface area contributed by atoms with E-state index in [1.807, 2.05) is 37.3 Å². The molecule has 1 saturated carbocycles. The molecule has 2 N–H and O–H groups in total. The summed E-state index contributed by atoms with van der Waals surface area (Å²) in [6.07, 6.45) is -0.197. The van der Waals surface area contributed by atoms with Crippen molar-refractivity contribution in [2.24, 2.45) is 11.8 Å². The lowest BCUT2D eigenvalue weighted by Crippen LogP contribution is -2.38. The van der Waals surface area contributed by atoms with Crippen LogP contribution in [0.25, 0.3) is 0 Å². The number of hydrogen-bond acceptors (Lipinski definition) is 4. The zero-order valence-corrected chi connectivity index (χ0v) is 14.8. The molecular weight excluding hydrogens is 362 g/mol. The number of ether oxygens (including phenoxy) is 1. The van der Waals surface area contributed by atoms with Gasteiger partial charge in [-0.3, -0.25) is 9.59 Å². The van der Waals surface area contributed by atoms with Crippen molar-refractivity contribution >= 4 is 27.8 Å². The van der Waals surface area contributed by atoms with E-state index in [4.69, 9.17) is 4.74 Å². The number of amides is 1. The van der Waals surface area contributed by atoms with Crippen molar-refractivity contribution in [1.29, 1.82) is 0 Å². The van der Waals surface area contributed by atoms with Crippen LogP contribution in [0.1, 0.15) is 31.9 Å². The standard InChI is InChI=1S/C17H22BrNO4/c1-10(12-6-4-3-5-7-12)19-17(22)13-8-15(18)16(21)14(13)9-23-11(2)20/h3-7,10,13-16,21H,8-9H2,1-2H3,(H,19,22)/t10-,13-,14-,15+,16+/m1/s1. The third kappa shape index (κ3) is 4.54. The van der Waals surface area contributed by atoms with Gasteiger partial charge in [0, 0.05) is 23.6 Å². The number of carbonyl (C=O) groups is 2. The molecule has 5 atom stereocenters. The van der Waals surface area contributed by atoms with Crippen molar-refractivity contribution in [3.63, 3.8) is 0 Å². The minimum absolute atomic E-state index is 0.0520. The molecule has 0 aliphatic heterocycles. The summed E-state index contributed by atoms with van der Waals surface area (Å²) in [5, 5.41) is 13.2. The Morgan fingerprint density at radius 2 is 2.04 bits per heavy atom. The van der Waals surface area contributed by atoms with Gasteiger partial charge in [0.05, 0.1) is 18.8 Å². The van der Waals surface area contributed by atoms with Crippen molar-refractivity contribution < 1.29 is 19.4 Å². The van der Waals surface area contributed by atoms with Gasteiger partial charge in [-0.15, -0.1) is 0 Å². The fourth-order valence-corrected chi connectivity index (χ4v) is 3.73. The molecule has 0 saturated heterocycles. The summed E-state index contributed by atoms with van der Waals surface area (Å²) in [6, 6.07) is 9.57. The third-order valence-electron chi connectivity index (χ3n) is 4.28. The second-order valence-corrected chi connectivity index (χ2v) is 7.13. The van der Waals surface area contributed by atoms with E-state index in [-0.39, 0.29) is 29.3 Å². The van der Waals surface area contributed by atoms with Crippen LogP contribution in [-0.2, 0) is 14.3 Å². The van der Waals surface area contributed by atoms with E-state index in [0.29, 0.717) is 6.42 Å². The number of alkyl halides is 1. The Hall–Kier alpha value is -1.40. The van der Waals surface area contributed by atoms with Gasteiger partial charge in [-0.25, -0.2) is 0 Å². The van der Waals surface area contributed by atoms with Gasteiger partial charge in [0.15, 0.2) is 0 Å². The number of nitrogens with one attached hydrogen (secondary N) is 1. The number of hydrogen-bond donors (Lipinski definition) is 2. The van der Waals surface area contributed by atoms with Crippen molar-refractivity contribution in [2.75, 3.05) is 6.61 Å².